The van der Waals surface area contributed by atoms with Gasteiger partial charge in [0.15, 0.2) is 0 Å². The maximum Gasteiger partial charge on any atom is 0.127 e. The molecule has 1 unspecified atom stereocenters. The lowest BCUT2D eigenvalue weighted by atomic mass is 10.1. The highest BCUT2D eigenvalue weighted by Crippen LogP contribution is 2.19. The molecule has 0 saturated heterocycles. The van der Waals surface area contributed by atoms with Crippen LogP contribution < -0.4 is 16.0 Å². The fraction of sp³-hybridized carbons (Fsp3) is 0.200. The van der Waals surface area contributed by atoms with Crippen LogP contribution in [0.15, 0.2) is 42.5 Å². The number of rotatable bonds is 6. The summed E-state index contributed by atoms with van der Waals surface area (Å²) < 4.78 is 19.4. The summed E-state index contributed by atoms with van der Waals surface area (Å²) in [6.07, 6.45) is 0.389. The van der Waals surface area contributed by atoms with E-state index in [9.17, 15) is 4.39 Å². The predicted molar refractivity (Wildman–Crippen MR) is 83.2 cm³/mol. The first-order valence-corrected chi connectivity index (χ1v) is 7.12. The second kappa shape index (κ2) is 7.61. The van der Waals surface area contributed by atoms with Gasteiger partial charge in [-0.25, -0.2) is 4.39 Å². The first-order chi connectivity index (χ1) is 10.1. The monoisotopic (exact) mass is 328 g/mol. The van der Waals surface area contributed by atoms with Gasteiger partial charge in [0.25, 0.3) is 0 Å². The summed E-state index contributed by atoms with van der Waals surface area (Å²) in [6.45, 7) is 0.291. The average molecular weight is 329 g/mol. The Kier molecular flexibility index (Phi) is 5.82. The lowest BCUT2D eigenvalue weighted by molar-refractivity contribution is 0.263. The molecule has 0 aliphatic heterocycles. The topological polar surface area (TPSA) is 47.3 Å². The number of halogens is 3. The summed E-state index contributed by atoms with van der Waals surface area (Å²) in [6, 6.07) is 11.4. The van der Waals surface area contributed by atoms with Crippen molar-refractivity contribution in [1.82, 2.24) is 5.43 Å². The third-order valence-electron chi connectivity index (χ3n) is 2.96. The van der Waals surface area contributed by atoms with Gasteiger partial charge in [-0.15, -0.1) is 0 Å². The van der Waals surface area contributed by atoms with Crippen LogP contribution in [0.5, 0.6) is 5.75 Å². The van der Waals surface area contributed by atoms with Gasteiger partial charge >= 0.3 is 0 Å². The molecule has 0 aliphatic rings. The molecule has 0 spiro atoms. The highest BCUT2D eigenvalue weighted by atomic mass is 35.5. The molecule has 3 N–H and O–H groups in total. The maximum atomic E-state index is 13.8. The summed E-state index contributed by atoms with van der Waals surface area (Å²) >= 11 is 11.6. The van der Waals surface area contributed by atoms with E-state index in [2.05, 4.69) is 5.43 Å². The van der Waals surface area contributed by atoms with E-state index >= 15 is 0 Å². The van der Waals surface area contributed by atoms with Crippen molar-refractivity contribution in [2.24, 2.45) is 5.84 Å². The summed E-state index contributed by atoms with van der Waals surface area (Å²) in [7, 11) is 0. The second-order valence-corrected chi connectivity index (χ2v) is 5.44. The Morgan fingerprint density at radius 3 is 2.57 bits per heavy atom. The normalized spacial score (nSPS) is 12.2. The third-order valence-corrected chi connectivity index (χ3v) is 3.43. The van der Waals surface area contributed by atoms with E-state index in [-0.39, 0.29) is 11.9 Å². The van der Waals surface area contributed by atoms with Crippen LogP contribution in [-0.2, 0) is 6.42 Å². The van der Waals surface area contributed by atoms with E-state index in [0.29, 0.717) is 34.4 Å². The zero-order valence-electron chi connectivity index (χ0n) is 11.2. The number of benzene rings is 2. The van der Waals surface area contributed by atoms with E-state index in [4.69, 9.17) is 33.8 Å². The van der Waals surface area contributed by atoms with Crippen molar-refractivity contribution in [2.45, 2.75) is 12.5 Å². The second-order valence-electron chi connectivity index (χ2n) is 4.57. The van der Waals surface area contributed by atoms with E-state index < -0.39 is 0 Å². The minimum atomic E-state index is -0.356. The number of hydrogen-bond acceptors (Lipinski definition) is 3. The molecule has 0 bridgehead atoms. The van der Waals surface area contributed by atoms with E-state index in [1.54, 1.807) is 36.4 Å². The Morgan fingerprint density at radius 1 is 1.14 bits per heavy atom. The molecule has 0 aliphatic carbocycles. The van der Waals surface area contributed by atoms with Crippen LogP contribution in [0.2, 0.25) is 10.0 Å². The van der Waals surface area contributed by atoms with Gasteiger partial charge in [0, 0.05) is 10.0 Å². The highest BCUT2D eigenvalue weighted by molar-refractivity contribution is 6.30. The van der Waals surface area contributed by atoms with Gasteiger partial charge in [-0.05, 0) is 42.3 Å². The van der Waals surface area contributed by atoms with Crippen LogP contribution >= 0.6 is 23.2 Å². The van der Waals surface area contributed by atoms with Crippen LogP contribution in [-0.4, -0.2) is 12.6 Å². The Morgan fingerprint density at radius 2 is 1.90 bits per heavy atom. The molecular weight excluding hydrogens is 314 g/mol. The summed E-state index contributed by atoms with van der Waals surface area (Å²) in [5.74, 6) is 5.77. The summed E-state index contributed by atoms with van der Waals surface area (Å²) in [5, 5.41) is 0.956. The highest BCUT2D eigenvalue weighted by Gasteiger charge is 2.12. The largest absolute Gasteiger partial charge is 0.492 e. The Balaban J connectivity index is 1.97. The van der Waals surface area contributed by atoms with Gasteiger partial charge in [0.2, 0.25) is 0 Å². The molecule has 0 fully saturated rings. The molecule has 2 aromatic carbocycles. The van der Waals surface area contributed by atoms with Crippen molar-refractivity contribution in [3.8, 4) is 5.75 Å². The number of hydrazine groups is 1. The zero-order chi connectivity index (χ0) is 15.2. The Bertz CT molecular complexity index is 610. The number of nitrogens with one attached hydrogen (secondary N) is 1. The maximum absolute atomic E-state index is 13.8. The summed E-state index contributed by atoms with van der Waals surface area (Å²) in [5.41, 5.74) is 3.14. The fourth-order valence-corrected chi connectivity index (χ4v) is 2.21. The van der Waals surface area contributed by atoms with Crippen molar-refractivity contribution < 1.29 is 9.13 Å². The van der Waals surface area contributed by atoms with Crippen molar-refractivity contribution in [2.75, 3.05) is 6.61 Å². The quantitative estimate of drug-likeness (QED) is 0.629. The Hall–Kier alpha value is -1.33. The van der Waals surface area contributed by atoms with Crippen molar-refractivity contribution in [3.05, 3.63) is 63.9 Å². The van der Waals surface area contributed by atoms with Crippen LogP contribution in [0, 0.1) is 5.82 Å². The molecule has 0 saturated carbocycles. The van der Waals surface area contributed by atoms with Crippen molar-refractivity contribution >= 4 is 23.2 Å². The lowest BCUT2D eigenvalue weighted by Crippen LogP contribution is -2.41. The number of nitrogens with two attached hydrogens (primary N) is 1. The third kappa shape index (κ3) is 4.86. The molecule has 2 aromatic rings. The molecule has 6 heteroatoms. The van der Waals surface area contributed by atoms with Gasteiger partial charge in [-0.2, -0.15) is 0 Å². The first kappa shape index (κ1) is 16.0. The standard InChI is InChI=1S/C15H15Cl2FN2O/c16-11-2-1-3-14(7-11)21-9-13(20-19)6-10-4-5-12(17)8-15(10)18/h1-5,7-8,13,20H,6,9,19H2. The average Bonchev–Trinajstić information content (AvgIpc) is 2.45. The van der Waals surface area contributed by atoms with Gasteiger partial charge < -0.3 is 4.74 Å². The molecule has 1 atom stereocenters. The van der Waals surface area contributed by atoms with Crippen molar-refractivity contribution in [1.29, 1.82) is 0 Å². The van der Waals surface area contributed by atoms with Gasteiger partial charge in [0.05, 0.1) is 6.04 Å². The molecule has 0 aromatic heterocycles. The number of hydrogen-bond donors (Lipinski definition) is 2. The minimum absolute atomic E-state index is 0.236. The van der Waals surface area contributed by atoms with E-state index in [0.717, 1.165) is 0 Å². The lowest BCUT2D eigenvalue weighted by Gasteiger charge is -2.17. The molecule has 3 nitrogen and oxygen atoms in total. The van der Waals surface area contributed by atoms with Gasteiger partial charge in [0.1, 0.15) is 18.2 Å². The molecule has 2 rings (SSSR count). The van der Waals surface area contributed by atoms with Crippen molar-refractivity contribution in [3.63, 3.8) is 0 Å². The van der Waals surface area contributed by atoms with Gasteiger partial charge in [-0.1, -0.05) is 35.3 Å². The molecular formula is C15H15Cl2FN2O. The minimum Gasteiger partial charge on any atom is -0.492 e. The Labute approximate surface area is 132 Å². The van der Waals surface area contributed by atoms with E-state index in [1.165, 1.54) is 6.07 Å². The molecule has 0 amide bonds. The molecule has 21 heavy (non-hydrogen) atoms. The smallest absolute Gasteiger partial charge is 0.127 e. The molecule has 0 radical (unpaired) electrons. The SMILES string of the molecule is NNC(COc1cccc(Cl)c1)Cc1ccc(Cl)cc1F. The zero-order valence-corrected chi connectivity index (χ0v) is 12.7. The van der Waals surface area contributed by atoms with Crippen LogP contribution in [0.3, 0.4) is 0 Å². The first-order valence-electron chi connectivity index (χ1n) is 6.37. The van der Waals surface area contributed by atoms with Crippen LogP contribution in [0.1, 0.15) is 5.56 Å². The van der Waals surface area contributed by atoms with Gasteiger partial charge in [-0.3, -0.25) is 11.3 Å². The predicted octanol–water partition coefficient (Wildman–Crippen LogP) is 3.59. The molecule has 0 heterocycles. The fourth-order valence-electron chi connectivity index (χ4n) is 1.87. The van der Waals surface area contributed by atoms with Crippen LogP contribution in [0.25, 0.3) is 0 Å². The molecule has 112 valence electrons. The van der Waals surface area contributed by atoms with Crippen LogP contribution in [0.4, 0.5) is 4.39 Å². The number of ether oxygens (including phenoxy) is 1. The van der Waals surface area contributed by atoms with E-state index in [1.807, 2.05) is 0 Å². The summed E-state index contributed by atoms with van der Waals surface area (Å²) in [4.78, 5) is 0.